The molecular weight excluding hydrogens is 302 g/mol. The van der Waals surface area contributed by atoms with Crippen molar-refractivity contribution in [1.29, 1.82) is 0 Å². The molecule has 0 N–H and O–H groups in total. The predicted octanol–water partition coefficient (Wildman–Crippen LogP) is 2.85. The van der Waals surface area contributed by atoms with E-state index in [-0.39, 0.29) is 5.76 Å². The van der Waals surface area contributed by atoms with Crippen LogP contribution in [0.4, 0.5) is 0 Å². The van der Waals surface area contributed by atoms with Gasteiger partial charge in [0, 0.05) is 12.6 Å². The molecule has 0 aliphatic heterocycles. The first-order chi connectivity index (χ1) is 10.7. The van der Waals surface area contributed by atoms with E-state index in [0.29, 0.717) is 18.0 Å². The molecule has 0 aliphatic carbocycles. The summed E-state index contributed by atoms with van der Waals surface area (Å²) in [6, 6.07) is 7.35. The van der Waals surface area contributed by atoms with E-state index in [0.717, 1.165) is 16.0 Å². The van der Waals surface area contributed by atoms with E-state index in [9.17, 15) is 4.79 Å². The summed E-state index contributed by atoms with van der Waals surface area (Å²) in [6.07, 6.45) is 1.43. The third kappa shape index (κ3) is 2.55. The summed E-state index contributed by atoms with van der Waals surface area (Å²) in [5.74, 6) is 0.487. The monoisotopic (exact) mass is 317 g/mol. The molecule has 1 amide bonds. The summed E-state index contributed by atoms with van der Waals surface area (Å²) in [7, 11) is 0. The fourth-order valence-corrected chi connectivity index (χ4v) is 3.33. The largest absolute Gasteiger partial charge is 0.492 e. The lowest BCUT2D eigenvalue weighted by Gasteiger charge is -2.07. The number of amides is 1. The van der Waals surface area contributed by atoms with Crippen LogP contribution in [-0.4, -0.2) is 22.2 Å². The molecule has 22 heavy (non-hydrogen) atoms. The van der Waals surface area contributed by atoms with Crippen molar-refractivity contribution in [1.82, 2.24) is 9.72 Å². The minimum absolute atomic E-state index is 0.130. The van der Waals surface area contributed by atoms with Crippen molar-refractivity contribution in [2.45, 2.75) is 20.4 Å². The van der Waals surface area contributed by atoms with Gasteiger partial charge in [0.05, 0.1) is 17.5 Å². The molecular formula is C15H15N3O3S. The van der Waals surface area contributed by atoms with E-state index in [1.807, 2.05) is 36.6 Å². The lowest BCUT2D eigenvalue weighted by molar-refractivity contribution is 0.0962. The third-order valence-electron chi connectivity index (χ3n) is 3.13. The van der Waals surface area contributed by atoms with Crippen LogP contribution < -0.4 is 9.54 Å². The minimum atomic E-state index is -0.441. The number of aryl methyl sites for hydroxylation is 1. The average molecular weight is 317 g/mol. The van der Waals surface area contributed by atoms with Crippen LogP contribution >= 0.6 is 11.3 Å². The van der Waals surface area contributed by atoms with Crippen molar-refractivity contribution >= 4 is 27.5 Å². The smallest absolute Gasteiger partial charge is 0.318 e. The number of hydrogen-bond acceptors (Lipinski definition) is 5. The first-order valence-electron chi connectivity index (χ1n) is 6.99. The summed E-state index contributed by atoms with van der Waals surface area (Å²) in [6.45, 7) is 5.22. The lowest BCUT2D eigenvalue weighted by atomic mass is 10.3. The van der Waals surface area contributed by atoms with Crippen LogP contribution in [-0.2, 0) is 6.54 Å². The second kappa shape index (κ2) is 6.15. The maximum atomic E-state index is 12.1. The summed E-state index contributed by atoms with van der Waals surface area (Å²) < 4.78 is 13.5. The molecule has 0 spiro atoms. The van der Waals surface area contributed by atoms with Gasteiger partial charge in [-0.1, -0.05) is 22.6 Å². The van der Waals surface area contributed by atoms with Gasteiger partial charge in [-0.3, -0.25) is 4.79 Å². The molecule has 7 heteroatoms. The fourth-order valence-electron chi connectivity index (χ4n) is 2.22. The zero-order valence-electron chi connectivity index (χ0n) is 12.3. The Morgan fingerprint density at radius 3 is 2.95 bits per heavy atom. The van der Waals surface area contributed by atoms with E-state index in [4.69, 9.17) is 9.26 Å². The number of rotatable bonds is 4. The number of para-hydroxylation sites is 1. The SMILES string of the molecule is CCOc1cccc2sc(=NC(=O)c3ccno3)n(CC)c12. The van der Waals surface area contributed by atoms with Gasteiger partial charge in [0.2, 0.25) is 5.76 Å². The molecule has 2 heterocycles. The van der Waals surface area contributed by atoms with E-state index < -0.39 is 5.91 Å². The molecule has 0 saturated heterocycles. The number of ether oxygens (including phenoxy) is 1. The quantitative estimate of drug-likeness (QED) is 0.742. The van der Waals surface area contributed by atoms with Crippen molar-refractivity contribution in [2.75, 3.05) is 6.61 Å². The molecule has 0 unspecified atom stereocenters. The number of carbonyl (C=O) groups excluding carboxylic acids is 1. The molecule has 2 aromatic heterocycles. The first-order valence-corrected chi connectivity index (χ1v) is 7.81. The Morgan fingerprint density at radius 2 is 2.27 bits per heavy atom. The number of benzene rings is 1. The van der Waals surface area contributed by atoms with Crippen LogP contribution in [0.3, 0.4) is 0 Å². The Kier molecular flexibility index (Phi) is 4.06. The molecule has 0 atom stereocenters. The Labute approximate surface area is 130 Å². The Bertz CT molecular complexity index is 862. The summed E-state index contributed by atoms with van der Waals surface area (Å²) in [5.41, 5.74) is 0.959. The maximum Gasteiger partial charge on any atom is 0.318 e. The van der Waals surface area contributed by atoms with Gasteiger partial charge >= 0.3 is 5.91 Å². The topological polar surface area (TPSA) is 69.6 Å². The van der Waals surface area contributed by atoms with Crippen molar-refractivity contribution in [3.63, 3.8) is 0 Å². The van der Waals surface area contributed by atoms with Gasteiger partial charge < -0.3 is 13.8 Å². The van der Waals surface area contributed by atoms with Crippen LogP contribution in [0.2, 0.25) is 0 Å². The normalized spacial score (nSPS) is 12.0. The second-order valence-electron chi connectivity index (χ2n) is 4.46. The number of carbonyl (C=O) groups is 1. The van der Waals surface area contributed by atoms with Crippen molar-refractivity contribution in [3.05, 3.63) is 41.0 Å². The number of nitrogens with zero attached hydrogens (tertiary/aromatic N) is 3. The molecule has 114 valence electrons. The summed E-state index contributed by atoms with van der Waals surface area (Å²) in [4.78, 5) is 16.9. The molecule has 3 rings (SSSR count). The highest BCUT2D eigenvalue weighted by atomic mass is 32.1. The van der Waals surface area contributed by atoms with Crippen LogP contribution in [0.15, 0.2) is 40.0 Å². The molecule has 6 nitrogen and oxygen atoms in total. The zero-order valence-corrected chi connectivity index (χ0v) is 13.1. The lowest BCUT2D eigenvalue weighted by Crippen LogP contribution is -2.16. The van der Waals surface area contributed by atoms with Crippen molar-refractivity contribution in [2.24, 2.45) is 4.99 Å². The van der Waals surface area contributed by atoms with Crippen molar-refractivity contribution in [3.8, 4) is 5.75 Å². The first kappa shape index (κ1) is 14.5. The number of hydrogen-bond donors (Lipinski definition) is 0. The summed E-state index contributed by atoms with van der Waals surface area (Å²) >= 11 is 1.45. The molecule has 0 aliphatic rings. The van der Waals surface area contributed by atoms with E-state index in [1.54, 1.807) is 0 Å². The van der Waals surface area contributed by atoms with Crippen LogP contribution in [0.25, 0.3) is 10.2 Å². The fraction of sp³-hybridized carbons (Fsp3) is 0.267. The Morgan fingerprint density at radius 1 is 1.41 bits per heavy atom. The van der Waals surface area contributed by atoms with E-state index in [2.05, 4.69) is 10.1 Å². The highest BCUT2D eigenvalue weighted by molar-refractivity contribution is 7.16. The van der Waals surface area contributed by atoms with E-state index in [1.165, 1.54) is 23.6 Å². The van der Waals surface area contributed by atoms with Gasteiger partial charge in [-0.05, 0) is 26.0 Å². The van der Waals surface area contributed by atoms with Gasteiger partial charge in [0.15, 0.2) is 4.80 Å². The second-order valence-corrected chi connectivity index (χ2v) is 5.47. The highest BCUT2D eigenvalue weighted by Crippen LogP contribution is 2.27. The van der Waals surface area contributed by atoms with Gasteiger partial charge in [0.25, 0.3) is 0 Å². The molecule has 1 aromatic carbocycles. The number of aromatic nitrogens is 2. The van der Waals surface area contributed by atoms with Crippen LogP contribution in [0, 0.1) is 0 Å². The number of thiazole rings is 1. The molecule has 0 bridgehead atoms. The minimum Gasteiger partial charge on any atom is -0.492 e. The van der Waals surface area contributed by atoms with Crippen molar-refractivity contribution < 1.29 is 14.1 Å². The summed E-state index contributed by atoms with van der Waals surface area (Å²) in [5, 5.41) is 3.53. The van der Waals surface area contributed by atoms with E-state index >= 15 is 0 Å². The zero-order chi connectivity index (χ0) is 15.5. The van der Waals surface area contributed by atoms with Crippen LogP contribution in [0.1, 0.15) is 24.4 Å². The predicted molar refractivity (Wildman–Crippen MR) is 83.1 cm³/mol. The Balaban J connectivity index is 2.18. The molecule has 3 aromatic rings. The van der Waals surface area contributed by atoms with Gasteiger partial charge in [0.1, 0.15) is 11.3 Å². The molecule has 0 saturated carbocycles. The molecule has 0 radical (unpaired) electrons. The van der Waals surface area contributed by atoms with Gasteiger partial charge in [-0.15, -0.1) is 0 Å². The number of fused-ring (bicyclic) bond motifs is 1. The highest BCUT2D eigenvalue weighted by Gasteiger charge is 2.13. The maximum absolute atomic E-state index is 12.1. The van der Waals surface area contributed by atoms with Gasteiger partial charge in [-0.2, -0.15) is 4.99 Å². The van der Waals surface area contributed by atoms with Crippen LogP contribution in [0.5, 0.6) is 5.75 Å². The molecule has 0 fully saturated rings. The third-order valence-corrected chi connectivity index (χ3v) is 4.17. The average Bonchev–Trinajstić information content (AvgIpc) is 3.15. The Hall–Kier alpha value is -2.41. The standard InChI is InChI=1S/C15H15N3O3S/c1-3-18-13-10(20-4-2)6-5-7-12(13)22-15(18)17-14(19)11-8-9-16-21-11/h5-9H,3-4H2,1-2H3. The van der Waals surface area contributed by atoms with Gasteiger partial charge in [-0.25, -0.2) is 0 Å².